The third kappa shape index (κ3) is 3.15. The van der Waals surface area contributed by atoms with E-state index in [4.69, 9.17) is 21.1 Å². The second-order valence-electron chi connectivity index (χ2n) is 6.80. The van der Waals surface area contributed by atoms with Gasteiger partial charge in [-0.25, -0.2) is 0 Å². The number of hydrogen-bond acceptors (Lipinski definition) is 4. The van der Waals surface area contributed by atoms with Crippen molar-refractivity contribution in [2.24, 2.45) is 0 Å². The highest BCUT2D eigenvalue weighted by molar-refractivity contribution is 6.30. The second-order valence-corrected chi connectivity index (χ2v) is 7.23. The van der Waals surface area contributed by atoms with E-state index in [-0.39, 0.29) is 18.1 Å². The number of anilines is 1. The molecule has 0 radical (unpaired) electrons. The summed E-state index contributed by atoms with van der Waals surface area (Å²) in [7, 11) is 1.64. The number of fused-ring (bicyclic) bond motifs is 1. The maximum atomic E-state index is 13.2. The van der Waals surface area contributed by atoms with Crippen molar-refractivity contribution in [1.29, 1.82) is 0 Å². The van der Waals surface area contributed by atoms with Crippen LogP contribution in [0.5, 0.6) is 11.5 Å². The van der Waals surface area contributed by atoms with Gasteiger partial charge in [-0.15, -0.1) is 0 Å². The molecule has 27 heavy (non-hydrogen) atoms. The minimum atomic E-state index is -0.157. The molecule has 142 valence electrons. The van der Waals surface area contributed by atoms with E-state index in [1.807, 2.05) is 54.3 Å². The molecule has 0 bridgehead atoms. The highest BCUT2D eigenvalue weighted by atomic mass is 35.5. The first-order chi connectivity index (χ1) is 13.1. The van der Waals surface area contributed by atoms with E-state index in [2.05, 4.69) is 4.90 Å². The minimum absolute atomic E-state index is 0.0664. The van der Waals surface area contributed by atoms with E-state index in [1.54, 1.807) is 7.11 Å². The van der Waals surface area contributed by atoms with E-state index in [1.165, 1.54) is 0 Å². The zero-order chi connectivity index (χ0) is 19.0. The molecule has 0 saturated carbocycles. The van der Waals surface area contributed by atoms with Crippen LogP contribution in [0, 0.1) is 0 Å². The maximum absolute atomic E-state index is 13.2. The predicted octanol–water partition coefficient (Wildman–Crippen LogP) is 4.26. The van der Waals surface area contributed by atoms with Crippen LogP contribution < -0.4 is 14.4 Å². The number of ether oxygens (including phenoxy) is 2. The van der Waals surface area contributed by atoms with E-state index in [9.17, 15) is 4.79 Å². The van der Waals surface area contributed by atoms with E-state index in [0.717, 1.165) is 30.6 Å². The molecule has 0 aliphatic carbocycles. The monoisotopic (exact) mass is 386 g/mol. The molecule has 2 fully saturated rings. The summed E-state index contributed by atoms with van der Waals surface area (Å²) >= 11 is 6.05. The molecule has 2 atom stereocenters. The lowest BCUT2D eigenvalue weighted by molar-refractivity contribution is -0.119. The Morgan fingerprint density at radius 3 is 2.63 bits per heavy atom. The number of hydrogen-bond donors (Lipinski definition) is 0. The smallest absolute Gasteiger partial charge is 0.246 e. The number of rotatable bonds is 5. The Morgan fingerprint density at radius 1 is 1.15 bits per heavy atom. The molecular weight excluding hydrogens is 364 g/mol. The van der Waals surface area contributed by atoms with E-state index in [0.29, 0.717) is 23.1 Å². The molecule has 2 aliphatic heterocycles. The molecule has 2 aliphatic rings. The van der Waals surface area contributed by atoms with Crippen LogP contribution in [0.4, 0.5) is 5.69 Å². The van der Waals surface area contributed by atoms with Gasteiger partial charge in [-0.2, -0.15) is 0 Å². The van der Waals surface area contributed by atoms with Crippen molar-refractivity contribution in [2.45, 2.75) is 32.0 Å². The van der Waals surface area contributed by atoms with Gasteiger partial charge in [0.05, 0.1) is 19.8 Å². The van der Waals surface area contributed by atoms with Crippen molar-refractivity contribution >= 4 is 23.2 Å². The number of nitrogens with zero attached hydrogens (tertiary/aromatic N) is 2. The zero-order valence-electron chi connectivity index (χ0n) is 15.5. The van der Waals surface area contributed by atoms with E-state index < -0.39 is 0 Å². The highest BCUT2D eigenvalue weighted by Crippen LogP contribution is 2.44. The largest absolute Gasteiger partial charge is 0.493 e. The lowest BCUT2D eigenvalue weighted by atomic mass is 10.1. The first kappa shape index (κ1) is 18.1. The summed E-state index contributed by atoms with van der Waals surface area (Å²) < 4.78 is 11.2. The Kier molecular flexibility index (Phi) is 4.98. The highest BCUT2D eigenvalue weighted by Gasteiger charge is 2.49. The van der Waals surface area contributed by atoms with Crippen LogP contribution in [-0.2, 0) is 4.79 Å². The summed E-state index contributed by atoms with van der Waals surface area (Å²) in [6.45, 7) is 3.42. The van der Waals surface area contributed by atoms with E-state index >= 15 is 0 Å². The summed E-state index contributed by atoms with van der Waals surface area (Å²) in [5, 5.41) is 0.658. The zero-order valence-corrected chi connectivity index (χ0v) is 16.3. The third-order valence-corrected chi connectivity index (χ3v) is 5.52. The summed E-state index contributed by atoms with van der Waals surface area (Å²) in [6.07, 6.45) is 1.78. The van der Waals surface area contributed by atoms with Crippen LogP contribution in [0.15, 0.2) is 42.5 Å². The van der Waals surface area contributed by atoms with Crippen LogP contribution in [-0.4, -0.2) is 37.1 Å². The minimum Gasteiger partial charge on any atom is -0.493 e. The molecular formula is C21H23ClN2O3. The summed E-state index contributed by atoms with van der Waals surface area (Å²) in [4.78, 5) is 17.3. The van der Waals surface area contributed by atoms with Crippen molar-refractivity contribution in [3.8, 4) is 11.5 Å². The van der Waals surface area contributed by atoms with Crippen molar-refractivity contribution in [3.63, 3.8) is 0 Å². The molecule has 2 heterocycles. The molecule has 5 nitrogen and oxygen atoms in total. The number of halogens is 1. The van der Waals surface area contributed by atoms with Crippen molar-refractivity contribution < 1.29 is 14.3 Å². The molecule has 2 aromatic carbocycles. The molecule has 2 saturated heterocycles. The van der Waals surface area contributed by atoms with Gasteiger partial charge in [-0.1, -0.05) is 17.7 Å². The fourth-order valence-corrected chi connectivity index (χ4v) is 4.23. The lowest BCUT2D eigenvalue weighted by Crippen LogP contribution is -2.32. The molecule has 0 unspecified atom stereocenters. The van der Waals surface area contributed by atoms with Gasteiger partial charge in [0.25, 0.3) is 0 Å². The number of carbonyl (C=O) groups is 1. The average molecular weight is 387 g/mol. The van der Waals surface area contributed by atoms with Gasteiger partial charge >= 0.3 is 0 Å². The Bertz CT molecular complexity index is 840. The van der Waals surface area contributed by atoms with Gasteiger partial charge in [0.1, 0.15) is 6.17 Å². The Labute approximate surface area is 164 Å². The molecule has 6 heteroatoms. The van der Waals surface area contributed by atoms with Gasteiger partial charge in [-0.3, -0.25) is 14.6 Å². The molecule has 4 rings (SSSR count). The fraction of sp³-hybridized carbons (Fsp3) is 0.381. The van der Waals surface area contributed by atoms with Crippen LogP contribution in [0.3, 0.4) is 0 Å². The number of methoxy groups -OCH3 is 1. The fourth-order valence-electron chi connectivity index (χ4n) is 4.11. The first-order valence-electron chi connectivity index (χ1n) is 9.29. The second kappa shape index (κ2) is 7.41. The molecule has 0 aromatic heterocycles. The summed E-state index contributed by atoms with van der Waals surface area (Å²) in [6, 6.07) is 13.3. The first-order valence-corrected chi connectivity index (χ1v) is 9.67. The van der Waals surface area contributed by atoms with Gasteiger partial charge < -0.3 is 9.47 Å². The van der Waals surface area contributed by atoms with Crippen LogP contribution in [0.1, 0.15) is 31.5 Å². The van der Waals surface area contributed by atoms with Crippen molar-refractivity contribution in [3.05, 3.63) is 53.1 Å². The lowest BCUT2D eigenvalue weighted by Gasteiger charge is -2.30. The standard InChI is InChI=1S/C21H23ClN2O3/c1-3-27-18-11-6-14(13-19(18)26-2)20-23-12-4-5-17(23)21(25)24(20)16-9-7-15(22)8-10-16/h6-11,13,17,20H,3-5,12H2,1-2H3/t17-,20+/m0/s1. The molecule has 1 amide bonds. The van der Waals surface area contributed by atoms with Crippen LogP contribution >= 0.6 is 11.6 Å². The molecule has 2 aromatic rings. The van der Waals surface area contributed by atoms with Crippen LogP contribution in [0.25, 0.3) is 0 Å². The molecule has 0 N–H and O–H groups in total. The number of benzene rings is 2. The van der Waals surface area contributed by atoms with Crippen LogP contribution in [0.2, 0.25) is 5.02 Å². The third-order valence-electron chi connectivity index (χ3n) is 5.27. The maximum Gasteiger partial charge on any atom is 0.246 e. The normalized spacial score (nSPS) is 22.2. The molecule has 0 spiro atoms. The van der Waals surface area contributed by atoms with Gasteiger partial charge in [-0.05, 0) is 61.7 Å². The number of amides is 1. The SMILES string of the molecule is CCOc1ccc([C@H]2N(c3ccc(Cl)cc3)C(=O)[C@@H]3CCCN32)cc1OC. The summed E-state index contributed by atoms with van der Waals surface area (Å²) in [5.74, 6) is 1.54. The van der Waals surface area contributed by atoms with Crippen molar-refractivity contribution in [1.82, 2.24) is 4.90 Å². The number of carbonyl (C=O) groups excluding carboxylic acids is 1. The Balaban J connectivity index is 1.77. The van der Waals surface area contributed by atoms with Crippen molar-refractivity contribution in [2.75, 3.05) is 25.2 Å². The van der Waals surface area contributed by atoms with Gasteiger partial charge in [0.15, 0.2) is 11.5 Å². The summed E-state index contributed by atoms with van der Waals surface area (Å²) in [5.41, 5.74) is 1.87. The Hall–Kier alpha value is -2.24. The quantitative estimate of drug-likeness (QED) is 0.770. The van der Waals surface area contributed by atoms with Gasteiger partial charge in [0, 0.05) is 17.3 Å². The topological polar surface area (TPSA) is 42.0 Å². The Morgan fingerprint density at radius 2 is 1.93 bits per heavy atom. The van der Waals surface area contributed by atoms with Gasteiger partial charge in [0.2, 0.25) is 5.91 Å². The average Bonchev–Trinajstić information content (AvgIpc) is 3.25. The predicted molar refractivity (Wildman–Crippen MR) is 106 cm³/mol.